The molecule has 1 N–H and O–H groups in total. The van der Waals surface area contributed by atoms with Crippen LogP contribution >= 0.6 is 0 Å². The molecule has 1 aromatic carbocycles. The van der Waals surface area contributed by atoms with E-state index in [1.165, 1.54) is 7.11 Å². The molecule has 194 valence electrons. The Hall–Kier alpha value is -2.75. The van der Waals surface area contributed by atoms with Gasteiger partial charge in [-0.1, -0.05) is 12.1 Å². The number of methoxy groups -OCH3 is 1. The first-order valence-electron chi connectivity index (χ1n) is 13.0. The summed E-state index contributed by atoms with van der Waals surface area (Å²) in [6.45, 7) is 8.80. The van der Waals surface area contributed by atoms with E-state index in [1.54, 1.807) is 17.3 Å². The van der Waals surface area contributed by atoms with Gasteiger partial charge in [-0.2, -0.15) is 0 Å². The molecule has 1 amide bonds. The summed E-state index contributed by atoms with van der Waals surface area (Å²) in [7, 11) is 1.52. The van der Waals surface area contributed by atoms with E-state index in [0.717, 1.165) is 63.2 Å². The van der Waals surface area contributed by atoms with Gasteiger partial charge < -0.3 is 29.3 Å². The molecular weight excluding hydrogens is 458 g/mol. The molecule has 3 fully saturated rings. The number of ether oxygens (including phenoxy) is 3. The van der Waals surface area contributed by atoms with Crippen molar-refractivity contribution in [3.05, 3.63) is 42.2 Å². The number of aromatic nitrogens is 2. The maximum Gasteiger partial charge on any atom is 0.316 e. The number of benzene rings is 1. The minimum Gasteiger partial charge on any atom is -0.490 e. The molecule has 3 aliphatic heterocycles. The lowest BCUT2D eigenvalue weighted by Gasteiger charge is -2.47. The van der Waals surface area contributed by atoms with Gasteiger partial charge in [-0.25, -0.2) is 9.97 Å². The molecule has 9 heteroatoms. The maximum absolute atomic E-state index is 13.7. The van der Waals surface area contributed by atoms with E-state index in [0.29, 0.717) is 18.3 Å². The van der Waals surface area contributed by atoms with Crippen molar-refractivity contribution in [2.75, 3.05) is 44.7 Å². The zero-order valence-corrected chi connectivity index (χ0v) is 21.5. The third-order valence-corrected chi connectivity index (χ3v) is 7.62. The van der Waals surface area contributed by atoms with E-state index in [1.807, 2.05) is 24.3 Å². The van der Waals surface area contributed by atoms with Gasteiger partial charge in [0.15, 0.2) is 6.10 Å². The Labute approximate surface area is 213 Å². The van der Waals surface area contributed by atoms with Gasteiger partial charge in [-0.3, -0.25) is 4.79 Å². The topological polar surface area (TPSA) is 89.1 Å². The smallest absolute Gasteiger partial charge is 0.316 e. The number of amides is 1. The molecule has 2 aromatic rings. The molecule has 3 aliphatic rings. The number of nitrogens with one attached hydrogen (secondary N) is 1. The highest BCUT2D eigenvalue weighted by Crippen LogP contribution is 2.39. The van der Waals surface area contributed by atoms with Crippen molar-refractivity contribution in [2.24, 2.45) is 0 Å². The van der Waals surface area contributed by atoms with Crippen LogP contribution in [0.15, 0.2) is 36.7 Å². The number of likely N-dealkylation sites (tertiary alicyclic amines) is 1. The Morgan fingerprint density at radius 1 is 1.08 bits per heavy atom. The summed E-state index contributed by atoms with van der Waals surface area (Å²) >= 11 is 0. The van der Waals surface area contributed by atoms with Gasteiger partial charge in [0.05, 0.1) is 37.3 Å². The van der Waals surface area contributed by atoms with Crippen molar-refractivity contribution in [3.63, 3.8) is 0 Å². The fourth-order valence-corrected chi connectivity index (χ4v) is 5.41. The Morgan fingerprint density at radius 3 is 2.36 bits per heavy atom. The van der Waals surface area contributed by atoms with Gasteiger partial charge in [0, 0.05) is 19.1 Å². The average molecular weight is 496 g/mol. The zero-order chi connectivity index (χ0) is 25.1. The third kappa shape index (κ3) is 5.33. The van der Waals surface area contributed by atoms with E-state index in [2.05, 4.69) is 34.0 Å². The minimum absolute atomic E-state index is 0.109. The second-order valence-electron chi connectivity index (χ2n) is 10.3. The number of nitrogens with zero attached hydrogens (tertiary/aromatic N) is 4. The number of hydrogen-bond donors (Lipinski definition) is 1. The van der Waals surface area contributed by atoms with Crippen LogP contribution < -0.4 is 19.7 Å². The lowest BCUT2D eigenvalue weighted by Crippen LogP contribution is -2.59. The van der Waals surface area contributed by atoms with Crippen molar-refractivity contribution >= 4 is 11.6 Å². The summed E-state index contributed by atoms with van der Waals surface area (Å²) in [5.41, 5.74) is 1.07. The number of piperidine rings is 2. The summed E-state index contributed by atoms with van der Waals surface area (Å²) in [4.78, 5) is 26.4. The maximum atomic E-state index is 13.7. The van der Waals surface area contributed by atoms with Gasteiger partial charge in [-0.15, -0.1) is 0 Å². The van der Waals surface area contributed by atoms with Crippen LogP contribution in [0.25, 0.3) is 0 Å². The summed E-state index contributed by atoms with van der Waals surface area (Å²) in [5.74, 6) is 0.727. The lowest BCUT2D eigenvalue weighted by molar-refractivity contribution is -0.161. The monoisotopic (exact) mass is 495 g/mol. The normalized spacial score (nSPS) is 23.3. The lowest BCUT2D eigenvalue weighted by atomic mass is 9.88. The second-order valence-corrected chi connectivity index (χ2v) is 10.3. The molecule has 1 spiro atoms. The number of hydrogen-bond acceptors (Lipinski definition) is 8. The number of carbonyl (C=O) groups is 1. The number of morpholine rings is 1. The SMILES string of the molecule is COc1ncc(N2CC3(CCNCC3)OC(c3ccc(OC4CCN(C(C)C)CC4)cc3)C2=O)cn1. The molecule has 36 heavy (non-hydrogen) atoms. The van der Waals surface area contributed by atoms with Crippen LogP contribution in [-0.4, -0.2) is 78.4 Å². The van der Waals surface area contributed by atoms with Gasteiger partial charge in [-0.05, 0) is 70.3 Å². The summed E-state index contributed by atoms with van der Waals surface area (Å²) in [6.07, 6.45) is 6.54. The molecule has 1 unspecified atom stereocenters. The quantitative estimate of drug-likeness (QED) is 0.655. The molecule has 3 saturated heterocycles. The Balaban J connectivity index is 1.32. The molecular formula is C27H37N5O4. The largest absolute Gasteiger partial charge is 0.490 e. The first-order valence-corrected chi connectivity index (χ1v) is 13.0. The van der Waals surface area contributed by atoms with E-state index in [4.69, 9.17) is 14.2 Å². The van der Waals surface area contributed by atoms with Crippen molar-refractivity contribution in [1.82, 2.24) is 20.2 Å². The molecule has 4 heterocycles. The van der Waals surface area contributed by atoms with Crippen molar-refractivity contribution in [2.45, 2.75) is 63.4 Å². The van der Waals surface area contributed by atoms with Crippen LogP contribution in [0, 0.1) is 0 Å². The van der Waals surface area contributed by atoms with Crippen molar-refractivity contribution < 1.29 is 19.0 Å². The number of carbonyl (C=O) groups excluding carboxylic acids is 1. The van der Waals surface area contributed by atoms with E-state index < -0.39 is 11.7 Å². The Morgan fingerprint density at radius 2 is 1.75 bits per heavy atom. The average Bonchev–Trinajstić information content (AvgIpc) is 2.91. The minimum atomic E-state index is -0.692. The Kier molecular flexibility index (Phi) is 7.41. The van der Waals surface area contributed by atoms with Crippen LogP contribution in [0.5, 0.6) is 11.8 Å². The zero-order valence-electron chi connectivity index (χ0n) is 21.5. The van der Waals surface area contributed by atoms with E-state index >= 15 is 0 Å². The molecule has 1 aromatic heterocycles. The molecule has 0 radical (unpaired) electrons. The van der Waals surface area contributed by atoms with Crippen molar-refractivity contribution in [3.8, 4) is 11.8 Å². The summed E-state index contributed by atoms with van der Waals surface area (Å²) in [5, 5.41) is 3.40. The van der Waals surface area contributed by atoms with Crippen LogP contribution in [0.1, 0.15) is 51.2 Å². The first-order chi connectivity index (χ1) is 17.5. The molecule has 1 atom stereocenters. The highest BCUT2D eigenvalue weighted by Gasteiger charge is 2.47. The van der Waals surface area contributed by atoms with E-state index in [9.17, 15) is 4.79 Å². The predicted molar refractivity (Wildman–Crippen MR) is 136 cm³/mol. The van der Waals surface area contributed by atoms with Gasteiger partial charge in [0.2, 0.25) is 0 Å². The van der Waals surface area contributed by atoms with Crippen LogP contribution in [0.4, 0.5) is 5.69 Å². The molecule has 0 aliphatic carbocycles. The van der Waals surface area contributed by atoms with Gasteiger partial charge in [0.25, 0.3) is 5.91 Å². The molecule has 0 saturated carbocycles. The van der Waals surface area contributed by atoms with Crippen LogP contribution in [0.3, 0.4) is 0 Å². The summed E-state index contributed by atoms with van der Waals surface area (Å²) < 4.78 is 18.0. The Bertz CT molecular complexity index is 1020. The molecule has 5 rings (SSSR count). The molecule has 0 bridgehead atoms. The standard InChI is InChI=1S/C27H37N5O4/c1-19(2)31-14-8-23(9-15-31)35-22-6-4-20(5-7-22)24-25(33)32(21-16-29-26(34-3)30-17-21)18-27(36-24)10-12-28-13-11-27/h4-7,16-17,19,23-24,28H,8-15,18H2,1-3H3. The highest BCUT2D eigenvalue weighted by molar-refractivity contribution is 5.98. The van der Waals surface area contributed by atoms with Gasteiger partial charge >= 0.3 is 6.01 Å². The van der Waals surface area contributed by atoms with Gasteiger partial charge in [0.1, 0.15) is 11.9 Å². The van der Waals surface area contributed by atoms with Crippen molar-refractivity contribution in [1.29, 1.82) is 0 Å². The number of rotatable bonds is 6. The number of anilines is 1. The van der Waals surface area contributed by atoms with Crippen LogP contribution in [-0.2, 0) is 9.53 Å². The fraction of sp³-hybridized carbons (Fsp3) is 0.593. The predicted octanol–water partition coefficient (Wildman–Crippen LogP) is 2.96. The molecule has 9 nitrogen and oxygen atoms in total. The highest BCUT2D eigenvalue weighted by atomic mass is 16.5. The first kappa shape index (κ1) is 24.9. The summed E-state index contributed by atoms with van der Waals surface area (Å²) in [6, 6.07) is 8.70. The third-order valence-electron chi connectivity index (χ3n) is 7.62. The fourth-order valence-electron chi connectivity index (χ4n) is 5.41. The van der Waals surface area contributed by atoms with Crippen LogP contribution in [0.2, 0.25) is 0 Å². The van der Waals surface area contributed by atoms with E-state index in [-0.39, 0.29) is 18.0 Å². The second kappa shape index (κ2) is 10.7.